The topological polar surface area (TPSA) is 105 Å². The summed E-state index contributed by atoms with van der Waals surface area (Å²) in [6, 6.07) is 6.42. The number of nitrogen functional groups attached to an aromatic ring is 1. The molecule has 1 aromatic carbocycles. The molecule has 4 N–H and O–H groups in total. The number of anilines is 2. The van der Waals surface area contributed by atoms with Crippen LogP contribution in [0.4, 0.5) is 11.4 Å². The maximum Gasteiger partial charge on any atom is 0.243 e. The first-order valence-corrected chi connectivity index (χ1v) is 6.69. The van der Waals surface area contributed by atoms with E-state index >= 15 is 0 Å². The van der Waals surface area contributed by atoms with Crippen LogP contribution in [0.15, 0.2) is 24.3 Å². The predicted octanol–water partition coefficient (Wildman–Crippen LogP) is -0.0557. The highest BCUT2D eigenvalue weighted by atomic mass is 16.2. The summed E-state index contributed by atoms with van der Waals surface area (Å²) in [4.78, 5) is 36.3. The molecule has 1 saturated heterocycles. The summed E-state index contributed by atoms with van der Waals surface area (Å²) < 4.78 is 0. The van der Waals surface area contributed by atoms with E-state index in [0.717, 1.165) is 0 Å². The first-order chi connectivity index (χ1) is 9.95. The average molecular weight is 290 g/mol. The molecule has 1 unspecified atom stereocenters. The van der Waals surface area contributed by atoms with Crippen LogP contribution < -0.4 is 16.4 Å². The van der Waals surface area contributed by atoms with Gasteiger partial charge in [-0.3, -0.25) is 24.6 Å². The van der Waals surface area contributed by atoms with E-state index in [1.54, 1.807) is 36.1 Å². The lowest BCUT2D eigenvalue weighted by Crippen LogP contribution is -2.57. The van der Waals surface area contributed by atoms with Gasteiger partial charge in [-0.25, -0.2) is 0 Å². The lowest BCUT2D eigenvalue weighted by atomic mass is 10.2. The lowest BCUT2D eigenvalue weighted by Gasteiger charge is -2.31. The number of benzene rings is 1. The van der Waals surface area contributed by atoms with Crippen molar-refractivity contribution >= 4 is 29.1 Å². The highest BCUT2D eigenvalue weighted by molar-refractivity contribution is 6.01. The molecule has 3 amide bonds. The molecule has 1 aromatic rings. The molecule has 1 aliphatic heterocycles. The summed E-state index contributed by atoms with van der Waals surface area (Å²) in [6.45, 7) is 2.18. The number of amides is 3. The number of carbonyl (C=O) groups is 3. The molecule has 112 valence electrons. The molecule has 0 spiro atoms. The van der Waals surface area contributed by atoms with Crippen molar-refractivity contribution < 1.29 is 14.4 Å². The molecule has 0 aliphatic carbocycles. The number of carbonyl (C=O) groups excluding carboxylic acids is 3. The van der Waals surface area contributed by atoms with Gasteiger partial charge in [-0.2, -0.15) is 0 Å². The smallest absolute Gasteiger partial charge is 0.243 e. The van der Waals surface area contributed by atoms with E-state index in [4.69, 9.17) is 5.73 Å². The van der Waals surface area contributed by atoms with Gasteiger partial charge in [0.05, 0.1) is 12.6 Å². The van der Waals surface area contributed by atoms with Gasteiger partial charge in [0.25, 0.3) is 0 Å². The quantitative estimate of drug-likeness (QED) is 0.532. The second-order valence-corrected chi connectivity index (χ2v) is 4.98. The molecule has 0 aromatic heterocycles. The molecular weight excluding hydrogens is 272 g/mol. The fourth-order valence-corrected chi connectivity index (χ4v) is 2.08. The Morgan fingerprint density at radius 3 is 2.71 bits per heavy atom. The number of nitrogens with zero attached hydrogens (tertiary/aromatic N) is 1. The fraction of sp³-hybridized carbons (Fsp3) is 0.357. The van der Waals surface area contributed by atoms with Gasteiger partial charge in [-0.05, 0) is 31.2 Å². The van der Waals surface area contributed by atoms with Gasteiger partial charge in [0.1, 0.15) is 0 Å². The molecule has 7 heteroatoms. The van der Waals surface area contributed by atoms with Crippen LogP contribution in [-0.2, 0) is 14.4 Å². The third-order valence-electron chi connectivity index (χ3n) is 3.36. The number of hydrogen-bond donors (Lipinski definition) is 3. The molecule has 1 aliphatic rings. The first-order valence-electron chi connectivity index (χ1n) is 6.69. The van der Waals surface area contributed by atoms with Crippen molar-refractivity contribution in [3.63, 3.8) is 0 Å². The van der Waals surface area contributed by atoms with E-state index < -0.39 is 6.04 Å². The number of nitrogens with one attached hydrogen (secondary N) is 2. The van der Waals surface area contributed by atoms with Gasteiger partial charge in [0.2, 0.25) is 17.7 Å². The standard InChI is InChI=1S/C14H18N4O3/c1-9-14(21)17-13(20)8-18(9)7-6-12(19)16-11-4-2-10(15)3-5-11/h2-5,9H,6-8,15H2,1H3,(H,16,19)(H,17,20,21). The van der Waals surface area contributed by atoms with Gasteiger partial charge < -0.3 is 11.1 Å². The molecule has 2 rings (SSSR count). The zero-order valence-corrected chi connectivity index (χ0v) is 11.8. The molecule has 0 saturated carbocycles. The Morgan fingerprint density at radius 1 is 1.38 bits per heavy atom. The van der Waals surface area contributed by atoms with Crippen molar-refractivity contribution in [1.82, 2.24) is 10.2 Å². The average Bonchev–Trinajstić information content (AvgIpc) is 2.44. The minimum atomic E-state index is -0.410. The number of imide groups is 1. The van der Waals surface area contributed by atoms with Crippen molar-refractivity contribution in [2.24, 2.45) is 0 Å². The summed E-state index contributed by atoms with van der Waals surface area (Å²) >= 11 is 0. The Labute approximate surface area is 122 Å². The van der Waals surface area contributed by atoms with Gasteiger partial charge in [-0.1, -0.05) is 0 Å². The molecule has 7 nitrogen and oxygen atoms in total. The molecule has 1 atom stereocenters. The second kappa shape index (κ2) is 6.36. The van der Waals surface area contributed by atoms with E-state index in [2.05, 4.69) is 10.6 Å². The van der Waals surface area contributed by atoms with Crippen LogP contribution in [-0.4, -0.2) is 41.8 Å². The summed E-state index contributed by atoms with van der Waals surface area (Å²) in [5.74, 6) is -0.840. The number of nitrogens with two attached hydrogens (primary N) is 1. The van der Waals surface area contributed by atoms with E-state index in [0.29, 0.717) is 17.9 Å². The van der Waals surface area contributed by atoms with Gasteiger partial charge in [0.15, 0.2) is 0 Å². The van der Waals surface area contributed by atoms with Gasteiger partial charge in [0, 0.05) is 24.3 Å². The number of piperazine rings is 1. The summed E-state index contributed by atoms with van der Waals surface area (Å²) in [5, 5.41) is 5.00. The molecule has 1 heterocycles. The summed E-state index contributed by atoms with van der Waals surface area (Å²) in [5.41, 5.74) is 6.85. The third kappa shape index (κ3) is 4.03. The molecule has 1 fully saturated rings. The minimum absolute atomic E-state index is 0.127. The van der Waals surface area contributed by atoms with Crippen LogP contribution in [0.1, 0.15) is 13.3 Å². The van der Waals surface area contributed by atoms with Crippen LogP contribution in [0.25, 0.3) is 0 Å². The Balaban J connectivity index is 1.84. The zero-order valence-electron chi connectivity index (χ0n) is 11.8. The van der Waals surface area contributed by atoms with Gasteiger partial charge in [-0.15, -0.1) is 0 Å². The highest BCUT2D eigenvalue weighted by Crippen LogP contribution is 2.11. The van der Waals surface area contributed by atoms with Crippen molar-refractivity contribution in [2.75, 3.05) is 24.1 Å². The van der Waals surface area contributed by atoms with E-state index in [-0.39, 0.29) is 30.7 Å². The first kappa shape index (κ1) is 15.0. The maximum atomic E-state index is 11.9. The SMILES string of the molecule is CC1C(=O)NC(=O)CN1CCC(=O)Nc1ccc(N)cc1. The van der Waals surface area contributed by atoms with Gasteiger partial charge >= 0.3 is 0 Å². The largest absolute Gasteiger partial charge is 0.399 e. The van der Waals surface area contributed by atoms with E-state index in [9.17, 15) is 14.4 Å². The van der Waals surface area contributed by atoms with Crippen molar-refractivity contribution in [2.45, 2.75) is 19.4 Å². The Kier molecular flexibility index (Phi) is 4.54. The number of rotatable bonds is 4. The van der Waals surface area contributed by atoms with E-state index in [1.807, 2.05) is 0 Å². The molecule has 0 radical (unpaired) electrons. The van der Waals surface area contributed by atoms with Crippen molar-refractivity contribution in [3.05, 3.63) is 24.3 Å². The van der Waals surface area contributed by atoms with Crippen molar-refractivity contribution in [1.29, 1.82) is 0 Å². The fourth-order valence-electron chi connectivity index (χ4n) is 2.08. The van der Waals surface area contributed by atoms with Crippen LogP contribution in [0, 0.1) is 0 Å². The normalized spacial score (nSPS) is 19.2. The predicted molar refractivity (Wildman–Crippen MR) is 78.3 cm³/mol. The third-order valence-corrected chi connectivity index (χ3v) is 3.36. The highest BCUT2D eigenvalue weighted by Gasteiger charge is 2.29. The van der Waals surface area contributed by atoms with Crippen LogP contribution >= 0.6 is 0 Å². The molecule has 0 bridgehead atoms. The Hall–Kier alpha value is -2.41. The van der Waals surface area contributed by atoms with Crippen LogP contribution in [0.2, 0.25) is 0 Å². The number of hydrogen-bond acceptors (Lipinski definition) is 5. The second-order valence-electron chi connectivity index (χ2n) is 4.98. The molecule has 21 heavy (non-hydrogen) atoms. The lowest BCUT2D eigenvalue weighted by molar-refractivity contribution is -0.140. The summed E-state index contributed by atoms with van der Waals surface area (Å²) in [7, 11) is 0. The summed E-state index contributed by atoms with van der Waals surface area (Å²) in [6.07, 6.45) is 0.204. The van der Waals surface area contributed by atoms with Crippen molar-refractivity contribution in [3.8, 4) is 0 Å². The maximum absolute atomic E-state index is 11.9. The minimum Gasteiger partial charge on any atom is -0.399 e. The zero-order chi connectivity index (χ0) is 15.4. The Morgan fingerprint density at radius 2 is 2.05 bits per heavy atom. The van der Waals surface area contributed by atoms with Crippen LogP contribution in [0.5, 0.6) is 0 Å². The molecular formula is C14H18N4O3. The Bertz CT molecular complexity index is 556. The van der Waals surface area contributed by atoms with E-state index in [1.165, 1.54) is 0 Å². The van der Waals surface area contributed by atoms with Crippen LogP contribution in [0.3, 0.4) is 0 Å². The monoisotopic (exact) mass is 290 g/mol.